The van der Waals surface area contributed by atoms with E-state index >= 15 is 0 Å². The summed E-state index contributed by atoms with van der Waals surface area (Å²) in [6.07, 6.45) is 0. The Hall–Kier alpha value is -3.31. The molecule has 0 aromatic heterocycles. The Bertz CT molecular complexity index is 1200. The monoisotopic (exact) mass is 478 g/mol. The topological polar surface area (TPSA) is 67.4 Å². The quantitative estimate of drug-likeness (QED) is 0.386. The van der Waals surface area contributed by atoms with Crippen molar-refractivity contribution in [1.82, 2.24) is 5.32 Å². The molecule has 0 aliphatic heterocycles. The van der Waals surface area contributed by atoms with Crippen LogP contribution in [0, 0.1) is 20.8 Å². The van der Waals surface area contributed by atoms with Crippen LogP contribution in [0.1, 0.15) is 52.5 Å². The molecule has 2 N–H and O–H groups in total. The summed E-state index contributed by atoms with van der Waals surface area (Å²) in [5.74, 6) is -0.769. The molecular formula is C28H31ClN2O3. The van der Waals surface area contributed by atoms with Crippen molar-refractivity contribution in [2.45, 2.75) is 46.7 Å². The first-order chi connectivity index (χ1) is 16.1. The van der Waals surface area contributed by atoms with E-state index in [0.717, 1.165) is 44.1 Å². The zero-order valence-electron chi connectivity index (χ0n) is 20.5. The lowest BCUT2D eigenvalue weighted by Crippen LogP contribution is -2.39. The van der Waals surface area contributed by atoms with Gasteiger partial charge in [-0.15, -0.1) is 0 Å². The number of aryl methyl sites for hydroxylation is 3. The van der Waals surface area contributed by atoms with Crippen molar-refractivity contribution in [3.8, 4) is 11.1 Å². The predicted molar refractivity (Wildman–Crippen MR) is 139 cm³/mol. The van der Waals surface area contributed by atoms with Gasteiger partial charge in [0, 0.05) is 22.3 Å². The van der Waals surface area contributed by atoms with Gasteiger partial charge in [0.2, 0.25) is 0 Å². The van der Waals surface area contributed by atoms with E-state index in [-0.39, 0.29) is 11.9 Å². The number of carbonyl (C=O) groups is 2. The first kappa shape index (κ1) is 25.3. The number of esters is 1. The van der Waals surface area contributed by atoms with Gasteiger partial charge in [0.05, 0.1) is 7.11 Å². The lowest BCUT2D eigenvalue weighted by Gasteiger charge is -2.18. The number of anilines is 1. The molecule has 6 heteroatoms. The fourth-order valence-corrected chi connectivity index (χ4v) is 4.17. The lowest BCUT2D eigenvalue weighted by atomic mass is 9.94. The van der Waals surface area contributed by atoms with Crippen molar-refractivity contribution in [3.63, 3.8) is 0 Å². The van der Waals surface area contributed by atoms with Crippen LogP contribution < -0.4 is 10.6 Å². The average molecular weight is 479 g/mol. The van der Waals surface area contributed by atoms with Crippen LogP contribution in [0.4, 0.5) is 5.69 Å². The molecule has 0 saturated heterocycles. The van der Waals surface area contributed by atoms with Crippen molar-refractivity contribution < 1.29 is 14.3 Å². The van der Waals surface area contributed by atoms with Gasteiger partial charge in [0.1, 0.15) is 6.04 Å². The summed E-state index contributed by atoms with van der Waals surface area (Å²) in [6.45, 7) is 9.53. The maximum atomic E-state index is 12.8. The van der Waals surface area contributed by atoms with E-state index in [1.807, 2.05) is 57.2 Å². The van der Waals surface area contributed by atoms with E-state index in [1.54, 1.807) is 6.92 Å². The molecule has 5 nitrogen and oxygen atoms in total. The molecule has 0 unspecified atom stereocenters. The highest BCUT2D eigenvalue weighted by Gasteiger charge is 2.20. The molecule has 0 fully saturated rings. The largest absolute Gasteiger partial charge is 0.467 e. The Morgan fingerprint density at radius 3 is 2.18 bits per heavy atom. The summed E-state index contributed by atoms with van der Waals surface area (Å²) in [4.78, 5) is 24.5. The first-order valence-electron chi connectivity index (χ1n) is 11.2. The van der Waals surface area contributed by atoms with E-state index in [2.05, 4.69) is 35.8 Å². The number of benzene rings is 3. The fourth-order valence-electron chi connectivity index (χ4n) is 4.05. The number of nitrogens with one attached hydrogen (secondary N) is 2. The third-order valence-corrected chi connectivity index (χ3v) is 6.35. The normalized spacial score (nSPS) is 12.6. The van der Waals surface area contributed by atoms with Crippen LogP contribution in [0.15, 0.2) is 54.6 Å². The van der Waals surface area contributed by atoms with Crippen LogP contribution in [-0.4, -0.2) is 25.0 Å². The van der Waals surface area contributed by atoms with Crippen molar-refractivity contribution in [2.24, 2.45) is 0 Å². The van der Waals surface area contributed by atoms with Crippen LogP contribution in [0.25, 0.3) is 11.1 Å². The second-order valence-corrected chi connectivity index (χ2v) is 9.07. The summed E-state index contributed by atoms with van der Waals surface area (Å²) < 4.78 is 4.70. The molecule has 0 heterocycles. The van der Waals surface area contributed by atoms with E-state index in [9.17, 15) is 9.59 Å². The second-order valence-electron chi connectivity index (χ2n) is 8.66. The molecule has 3 aromatic carbocycles. The predicted octanol–water partition coefficient (Wildman–Crippen LogP) is 6.40. The minimum atomic E-state index is -0.717. The standard InChI is InChI=1S/C28H31ClN2O3/c1-16-12-21(10-11-25(16)29)19(4)30-24-9-7-8-22(15-24)23-13-17(2)26(18(3)14-23)27(32)31-20(5)28(33)34-6/h7-15,19-20,30H,1-6H3,(H,31,32)/t19-,20-/m0/s1. The Balaban J connectivity index is 1.82. The number of ether oxygens (including phenoxy) is 1. The molecule has 0 spiro atoms. The summed E-state index contributed by atoms with van der Waals surface area (Å²) in [6, 6.07) is 17.7. The van der Waals surface area contributed by atoms with Crippen molar-refractivity contribution >= 4 is 29.2 Å². The fraction of sp³-hybridized carbons (Fsp3) is 0.286. The minimum absolute atomic E-state index is 0.109. The summed E-state index contributed by atoms with van der Waals surface area (Å²) >= 11 is 6.17. The molecule has 0 aliphatic carbocycles. The zero-order valence-corrected chi connectivity index (χ0v) is 21.2. The maximum Gasteiger partial charge on any atom is 0.328 e. The van der Waals surface area contributed by atoms with Gasteiger partial charge in [-0.05, 0) is 86.2 Å². The van der Waals surface area contributed by atoms with Crippen LogP contribution in [0.5, 0.6) is 0 Å². The Morgan fingerprint density at radius 1 is 0.882 bits per heavy atom. The number of amides is 1. The third kappa shape index (κ3) is 5.78. The highest BCUT2D eigenvalue weighted by atomic mass is 35.5. The summed E-state index contributed by atoms with van der Waals surface area (Å²) in [5, 5.41) is 7.03. The molecule has 0 aliphatic rings. The van der Waals surface area contributed by atoms with E-state index < -0.39 is 12.0 Å². The maximum absolute atomic E-state index is 12.8. The van der Waals surface area contributed by atoms with Gasteiger partial charge >= 0.3 is 5.97 Å². The average Bonchev–Trinajstić information content (AvgIpc) is 2.79. The molecule has 2 atom stereocenters. The van der Waals surface area contributed by atoms with Crippen LogP contribution in [-0.2, 0) is 9.53 Å². The van der Waals surface area contributed by atoms with Crippen molar-refractivity contribution in [1.29, 1.82) is 0 Å². The summed E-state index contributed by atoms with van der Waals surface area (Å²) in [7, 11) is 1.30. The zero-order chi connectivity index (χ0) is 25.0. The summed E-state index contributed by atoms with van der Waals surface area (Å²) in [5.41, 5.74) is 7.54. The van der Waals surface area contributed by atoms with E-state index in [0.29, 0.717) is 5.56 Å². The van der Waals surface area contributed by atoms with E-state index in [4.69, 9.17) is 16.3 Å². The number of hydrogen-bond acceptors (Lipinski definition) is 4. The number of carbonyl (C=O) groups excluding carboxylic acids is 2. The molecule has 0 radical (unpaired) electrons. The van der Waals surface area contributed by atoms with Gasteiger partial charge in [0.25, 0.3) is 5.91 Å². The van der Waals surface area contributed by atoms with Gasteiger partial charge < -0.3 is 15.4 Å². The first-order valence-corrected chi connectivity index (χ1v) is 11.6. The molecule has 34 heavy (non-hydrogen) atoms. The molecule has 0 saturated carbocycles. The van der Waals surface area contributed by atoms with Crippen LogP contribution in [0.2, 0.25) is 5.02 Å². The van der Waals surface area contributed by atoms with Crippen molar-refractivity contribution in [3.05, 3.63) is 87.4 Å². The third-order valence-electron chi connectivity index (χ3n) is 5.92. The highest BCUT2D eigenvalue weighted by molar-refractivity contribution is 6.31. The SMILES string of the molecule is COC(=O)[C@H](C)NC(=O)c1c(C)cc(-c2cccc(N[C@@H](C)c3ccc(Cl)c(C)c3)c2)cc1C. The van der Waals surface area contributed by atoms with Gasteiger partial charge in [-0.25, -0.2) is 4.79 Å². The lowest BCUT2D eigenvalue weighted by molar-refractivity contribution is -0.142. The van der Waals surface area contributed by atoms with E-state index in [1.165, 1.54) is 7.11 Å². The van der Waals surface area contributed by atoms with Gasteiger partial charge in [0.15, 0.2) is 0 Å². The van der Waals surface area contributed by atoms with Gasteiger partial charge in [-0.3, -0.25) is 4.79 Å². The molecule has 0 bridgehead atoms. The number of rotatable bonds is 7. The van der Waals surface area contributed by atoms with Crippen LogP contribution in [0.3, 0.4) is 0 Å². The highest BCUT2D eigenvalue weighted by Crippen LogP contribution is 2.29. The Kier molecular flexibility index (Phi) is 8.00. The Morgan fingerprint density at radius 2 is 1.56 bits per heavy atom. The molecule has 3 rings (SSSR count). The molecule has 3 aromatic rings. The smallest absolute Gasteiger partial charge is 0.328 e. The van der Waals surface area contributed by atoms with Gasteiger partial charge in [-0.1, -0.05) is 48.0 Å². The number of methoxy groups -OCH3 is 1. The minimum Gasteiger partial charge on any atom is -0.467 e. The van der Waals surface area contributed by atoms with Gasteiger partial charge in [-0.2, -0.15) is 0 Å². The molecular weight excluding hydrogens is 448 g/mol. The molecule has 178 valence electrons. The number of halogens is 1. The van der Waals surface area contributed by atoms with Crippen molar-refractivity contribution in [2.75, 3.05) is 12.4 Å². The number of hydrogen-bond donors (Lipinski definition) is 2. The van der Waals surface area contributed by atoms with Crippen LogP contribution >= 0.6 is 11.6 Å². The molecule has 1 amide bonds. The second kappa shape index (κ2) is 10.7. The Labute approximate surface area is 206 Å².